The number of hydrogen-bond donors (Lipinski definition) is 1. The van der Waals surface area contributed by atoms with E-state index >= 15 is 0 Å². The Hall–Kier alpha value is -2.33. The second-order valence-electron chi connectivity index (χ2n) is 8.35. The number of anilines is 1. The van der Waals surface area contributed by atoms with Crippen molar-refractivity contribution in [3.05, 3.63) is 63.1 Å². The number of aryl methyl sites for hydroxylation is 2. The zero-order chi connectivity index (χ0) is 26.5. The molecule has 0 radical (unpaired) electrons. The van der Waals surface area contributed by atoms with Crippen molar-refractivity contribution in [2.24, 2.45) is 0 Å². The molecular weight excluding hydrogens is 511 g/mol. The molecule has 2 aromatic rings. The maximum Gasteiger partial charge on any atom is 0.304 e. The molecule has 0 aromatic heterocycles. The zero-order valence-electron chi connectivity index (χ0n) is 20.8. The number of carbonyl (C=O) groups is 2. The summed E-state index contributed by atoms with van der Waals surface area (Å²) in [6.45, 7) is 4.81. The molecule has 2 rings (SSSR count). The fourth-order valence-electron chi connectivity index (χ4n) is 3.63. The SMILES string of the molecule is CC[C@@H](C(=O)NC)N(Cc1c(Cl)cccc1Cl)C(=O)CN(c1cc(C)ccc1C)S(=O)(=O)N(C)C. The summed E-state index contributed by atoms with van der Waals surface area (Å²) >= 11 is 12.7. The van der Waals surface area contributed by atoms with Gasteiger partial charge in [0.2, 0.25) is 11.8 Å². The third kappa shape index (κ3) is 6.67. The van der Waals surface area contributed by atoms with Crippen molar-refractivity contribution in [3.63, 3.8) is 0 Å². The lowest BCUT2D eigenvalue weighted by Crippen LogP contribution is -2.53. The van der Waals surface area contributed by atoms with E-state index in [1.807, 2.05) is 13.0 Å². The Morgan fingerprint density at radius 3 is 2.17 bits per heavy atom. The molecule has 2 amide bonds. The lowest BCUT2D eigenvalue weighted by atomic mass is 10.1. The van der Waals surface area contributed by atoms with Crippen LogP contribution in [-0.2, 0) is 26.3 Å². The van der Waals surface area contributed by atoms with E-state index in [4.69, 9.17) is 23.2 Å². The van der Waals surface area contributed by atoms with Crippen LogP contribution < -0.4 is 9.62 Å². The number of nitrogens with one attached hydrogen (secondary N) is 1. The first-order valence-electron chi connectivity index (χ1n) is 11.1. The molecule has 0 aliphatic carbocycles. The van der Waals surface area contributed by atoms with Crippen molar-refractivity contribution in [2.45, 2.75) is 39.8 Å². The Bertz CT molecular complexity index is 1170. The number of hydrogen-bond acceptors (Lipinski definition) is 4. The highest BCUT2D eigenvalue weighted by Gasteiger charge is 2.34. The minimum atomic E-state index is -4.04. The van der Waals surface area contributed by atoms with Crippen LogP contribution in [0.4, 0.5) is 5.69 Å². The van der Waals surface area contributed by atoms with E-state index in [1.54, 1.807) is 44.2 Å². The van der Waals surface area contributed by atoms with Crippen LogP contribution in [-0.4, -0.2) is 63.2 Å². The van der Waals surface area contributed by atoms with Crippen molar-refractivity contribution >= 4 is 50.9 Å². The first-order chi connectivity index (χ1) is 16.3. The van der Waals surface area contributed by atoms with Crippen LogP contribution in [0.3, 0.4) is 0 Å². The van der Waals surface area contributed by atoms with Gasteiger partial charge in [-0.3, -0.25) is 9.59 Å². The molecule has 35 heavy (non-hydrogen) atoms. The average Bonchev–Trinajstić information content (AvgIpc) is 2.80. The first-order valence-corrected chi connectivity index (χ1v) is 13.2. The molecule has 0 saturated heterocycles. The summed E-state index contributed by atoms with van der Waals surface area (Å²) in [6.07, 6.45) is 0.303. The van der Waals surface area contributed by atoms with Gasteiger partial charge in [-0.1, -0.05) is 48.3 Å². The van der Waals surface area contributed by atoms with Gasteiger partial charge in [0, 0.05) is 43.3 Å². The molecular formula is C24H32Cl2N4O4S. The summed E-state index contributed by atoms with van der Waals surface area (Å²) in [5.74, 6) is -0.944. The molecule has 0 heterocycles. The van der Waals surface area contributed by atoms with Gasteiger partial charge in [-0.25, -0.2) is 4.31 Å². The van der Waals surface area contributed by atoms with Crippen LogP contribution in [0, 0.1) is 13.8 Å². The van der Waals surface area contributed by atoms with Gasteiger partial charge in [-0.2, -0.15) is 12.7 Å². The lowest BCUT2D eigenvalue weighted by Gasteiger charge is -2.34. The highest BCUT2D eigenvalue weighted by atomic mass is 35.5. The fourth-order valence-corrected chi connectivity index (χ4v) is 5.26. The smallest absolute Gasteiger partial charge is 0.304 e. The second kappa shape index (κ2) is 12.1. The number of carbonyl (C=O) groups excluding carboxylic acids is 2. The Kier molecular flexibility index (Phi) is 9.97. The minimum absolute atomic E-state index is 0.0636. The highest BCUT2D eigenvalue weighted by Crippen LogP contribution is 2.29. The van der Waals surface area contributed by atoms with Gasteiger partial charge < -0.3 is 10.2 Å². The molecule has 11 heteroatoms. The summed E-state index contributed by atoms with van der Waals surface area (Å²) in [5.41, 5.74) is 2.39. The first kappa shape index (κ1) is 28.9. The number of amides is 2. The summed E-state index contributed by atoms with van der Waals surface area (Å²) in [4.78, 5) is 27.8. The van der Waals surface area contributed by atoms with Crippen LogP contribution >= 0.6 is 23.2 Å². The van der Waals surface area contributed by atoms with Crippen LogP contribution in [0.15, 0.2) is 36.4 Å². The van der Waals surface area contributed by atoms with Crippen LogP contribution in [0.5, 0.6) is 0 Å². The van der Waals surface area contributed by atoms with E-state index in [-0.39, 0.29) is 12.5 Å². The molecule has 0 saturated carbocycles. The predicted molar refractivity (Wildman–Crippen MR) is 141 cm³/mol. The zero-order valence-corrected chi connectivity index (χ0v) is 23.1. The van der Waals surface area contributed by atoms with Gasteiger partial charge in [0.05, 0.1) is 5.69 Å². The van der Waals surface area contributed by atoms with Crippen LogP contribution in [0.2, 0.25) is 10.0 Å². The van der Waals surface area contributed by atoms with Crippen molar-refractivity contribution in [2.75, 3.05) is 32.0 Å². The van der Waals surface area contributed by atoms with E-state index in [2.05, 4.69) is 5.32 Å². The molecule has 1 atom stereocenters. The number of benzene rings is 2. The van der Waals surface area contributed by atoms with E-state index in [0.29, 0.717) is 33.3 Å². The molecule has 0 bridgehead atoms. The number of nitrogens with zero attached hydrogens (tertiary/aromatic N) is 3. The fraction of sp³-hybridized carbons (Fsp3) is 0.417. The molecule has 0 fully saturated rings. The van der Waals surface area contributed by atoms with Gasteiger partial charge >= 0.3 is 10.2 Å². The maximum absolute atomic E-state index is 13.8. The summed E-state index contributed by atoms with van der Waals surface area (Å²) in [6, 6.07) is 9.50. The number of likely N-dealkylation sites (N-methyl/N-ethyl adjacent to an activating group) is 1. The average molecular weight is 544 g/mol. The Labute approximate surface area is 218 Å². The summed E-state index contributed by atoms with van der Waals surface area (Å²) < 4.78 is 28.7. The number of halogens is 2. The van der Waals surface area contributed by atoms with Gasteiger partial charge in [0.15, 0.2) is 0 Å². The minimum Gasteiger partial charge on any atom is -0.357 e. The second-order valence-corrected chi connectivity index (χ2v) is 11.2. The standard InChI is InChI=1S/C24H32Cl2N4O4S/c1-7-21(24(32)27-4)29(14-18-19(25)9-8-10-20(18)26)23(31)15-30(35(33,34)28(5)6)22-13-16(2)11-12-17(22)3/h8-13,21H,7,14-15H2,1-6H3,(H,27,32)/t21-/m0/s1. The van der Waals surface area contributed by atoms with Gasteiger partial charge in [-0.15, -0.1) is 0 Å². The third-order valence-corrected chi connectivity index (χ3v) is 8.19. The van der Waals surface area contributed by atoms with Crippen molar-refractivity contribution in [1.82, 2.24) is 14.5 Å². The highest BCUT2D eigenvalue weighted by molar-refractivity contribution is 7.90. The normalized spacial score (nSPS) is 12.4. The molecule has 8 nitrogen and oxygen atoms in total. The quantitative estimate of drug-likeness (QED) is 0.494. The van der Waals surface area contributed by atoms with Crippen LogP contribution in [0.25, 0.3) is 0 Å². The Balaban J connectivity index is 2.60. The Morgan fingerprint density at radius 2 is 1.66 bits per heavy atom. The summed E-state index contributed by atoms with van der Waals surface area (Å²) in [7, 11) is 0.243. The van der Waals surface area contributed by atoms with Gasteiger partial charge in [-0.05, 0) is 49.6 Å². The van der Waals surface area contributed by atoms with Crippen molar-refractivity contribution < 1.29 is 18.0 Å². The van der Waals surface area contributed by atoms with E-state index in [1.165, 1.54) is 26.0 Å². The van der Waals surface area contributed by atoms with E-state index in [0.717, 1.165) is 14.2 Å². The number of rotatable bonds is 10. The third-order valence-electron chi connectivity index (χ3n) is 5.67. The van der Waals surface area contributed by atoms with Crippen molar-refractivity contribution in [1.29, 1.82) is 0 Å². The predicted octanol–water partition coefficient (Wildman–Crippen LogP) is 3.78. The molecule has 0 unspecified atom stereocenters. The van der Waals surface area contributed by atoms with E-state index < -0.39 is 28.7 Å². The topological polar surface area (TPSA) is 90.0 Å². The monoisotopic (exact) mass is 542 g/mol. The molecule has 0 aliphatic heterocycles. The molecule has 1 N–H and O–H groups in total. The van der Waals surface area contributed by atoms with Crippen molar-refractivity contribution in [3.8, 4) is 0 Å². The molecule has 192 valence electrons. The summed E-state index contributed by atoms with van der Waals surface area (Å²) in [5, 5.41) is 3.26. The van der Waals surface area contributed by atoms with Gasteiger partial charge in [0.1, 0.15) is 12.6 Å². The largest absolute Gasteiger partial charge is 0.357 e. The Morgan fingerprint density at radius 1 is 1.06 bits per heavy atom. The van der Waals surface area contributed by atoms with Crippen LogP contribution in [0.1, 0.15) is 30.0 Å². The molecule has 2 aromatic carbocycles. The van der Waals surface area contributed by atoms with Gasteiger partial charge in [0.25, 0.3) is 0 Å². The maximum atomic E-state index is 13.8. The van der Waals surface area contributed by atoms with E-state index in [9.17, 15) is 18.0 Å². The lowest BCUT2D eigenvalue weighted by molar-refractivity contribution is -0.140. The molecule has 0 aliphatic rings. The molecule has 0 spiro atoms.